The molecular weight excluding hydrogens is 438 g/mol. The van der Waals surface area contributed by atoms with Crippen LogP contribution in [0.3, 0.4) is 0 Å². The molecule has 10 heteroatoms. The number of carbonyl (C=O) groups is 1. The Labute approximate surface area is 185 Å². The Bertz CT molecular complexity index is 1280. The van der Waals surface area contributed by atoms with Crippen LogP contribution in [0.15, 0.2) is 42.7 Å². The number of anilines is 1. The average molecular weight is 463 g/mol. The molecule has 1 saturated heterocycles. The fraction of sp³-hybridized carbons (Fsp3) is 0.364. The van der Waals surface area contributed by atoms with Crippen molar-refractivity contribution in [1.82, 2.24) is 14.3 Å². The minimum atomic E-state index is -3.89. The van der Waals surface area contributed by atoms with E-state index in [1.807, 2.05) is 11.0 Å². The first-order chi connectivity index (χ1) is 15.0. The summed E-state index contributed by atoms with van der Waals surface area (Å²) in [6.07, 6.45) is 4.55. The Morgan fingerprint density at radius 3 is 2.50 bits per heavy atom. The first-order valence-electron chi connectivity index (χ1n) is 10.2. The lowest BCUT2D eigenvalue weighted by molar-refractivity contribution is 0.0982. The number of carbonyl (C=O) groups excluding carboxylic acids is 1. The molecule has 32 heavy (non-hydrogen) atoms. The second-order valence-electron chi connectivity index (χ2n) is 8.87. The van der Waals surface area contributed by atoms with Gasteiger partial charge in [0, 0.05) is 24.5 Å². The number of nitrogens with one attached hydrogen (secondary N) is 1. The lowest BCUT2D eigenvalue weighted by Crippen LogP contribution is -2.42. The van der Waals surface area contributed by atoms with Crippen molar-refractivity contribution in [2.75, 3.05) is 11.4 Å². The molecule has 2 aromatic heterocycles. The summed E-state index contributed by atoms with van der Waals surface area (Å²) in [7, 11) is -3.89. The number of amides is 1. The average Bonchev–Trinajstić information content (AvgIpc) is 3.32. The van der Waals surface area contributed by atoms with Crippen molar-refractivity contribution in [3.8, 4) is 0 Å². The van der Waals surface area contributed by atoms with E-state index in [2.05, 4.69) is 9.82 Å². The predicted octanol–water partition coefficient (Wildman–Crippen LogP) is 3.81. The molecule has 1 aliphatic rings. The summed E-state index contributed by atoms with van der Waals surface area (Å²) in [4.78, 5) is 14.8. The molecule has 3 heterocycles. The Morgan fingerprint density at radius 2 is 1.84 bits per heavy atom. The van der Waals surface area contributed by atoms with E-state index in [9.17, 15) is 22.0 Å². The highest BCUT2D eigenvalue weighted by atomic mass is 32.2. The molecule has 0 radical (unpaired) electrons. The smallest absolute Gasteiger partial charge is 0.268 e. The molecule has 1 fully saturated rings. The lowest BCUT2D eigenvalue weighted by Gasteiger charge is -2.27. The first kappa shape index (κ1) is 22.2. The summed E-state index contributed by atoms with van der Waals surface area (Å²) < 4.78 is 54.8. The highest BCUT2D eigenvalue weighted by molar-refractivity contribution is 7.91. The molecule has 0 bridgehead atoms. The van der Waals surface area contributed by atoms with E-state index < -0.39 is 32.3 Å². The number of rotatable bonds is 4. The van der Waals surface area contributed by atoms with Crippen LogP contribution in [0.5, 0.6) is 0 Å². The zero-order valence-electron chi connectivity index (χ0n) is 18.0. The molecular formula is C22H24F2N4O3S. The van der Waals surface area contributed by atoms with Gasteiger partial charge < -0.3 is 4.90 Å². The normalized spacial score (nSPS) is 17.2. The standard InChI is InChI=1S/C22H24F2N4O3S/c1-22(2,3)32(30,31)26-21(29)18-13-25-28-8-6-17(12-20(18)28)27-7-4-5-19(27)14-9-15(23)11-16(24)10-14/h6,8-13,19H,4-5,7H2,1-3H3,(H,26,29)/t19-/m1/s1. The van der Waals surface area contributed by atoms with Gasteiger partial charge in [0.25, 0.3) is 5.91 Å². The van der Waals surface area contributed by atoms with E-state index in [0.717, 1.165) is 24.6 Å². The molecule has 1 amide bonds. The lowest BCUT2D eigenvalue weighted by atomic mass is 10.0. The van der Waals surface area contributed by atoms with E-state index in [1.54, 1.807) is 12.3 Å². The second kappa shape index (κ2) is 7.84. The molecule has 4 rings (SSSR count). The van der Waals surface area contributed by atoms with Crippen LogP contribution in [0, 0.1) is 11.6 Å². The maximum Gasteiger partial charge on any atom is 0.268 e. The Kier molecular flexibility index (Phi) is 5.44. The monoisotopic (exact) mass is 462 g/mol. The van der Waals surface area contributed by atoms with Crippen LogP contribution in [0.25, 0.3) is 5.52 Å². The van der Waals surface area contributed by atoms with Gasteiger partial charge in [0.2, 0.25) is 10.0 Å². The van der Waals surface area contributed by atoms with Gasteiger partial charge in [-0.1, -0.05) is 0 Å². The Balaban J connectivity index is 1.69. The largest absolute Gasteiger partial charge is 0.364 e. The fourth-order valence-corrected chi connectivity index (χ4v) is 4.50. The van der Waals surface area contributed by atoms with Gasteiger partial charge in [0.05, 0.1) is 28.1 Å². The van der Waals surface area contributed by atoms with Crippen LogP contribution in [0.2, 0.25) is 0 Å². The number of pyridine rings is 1. The van der Waals surface area contributed by atoms with Gasteiger partial charge in [0.1, 0.15) is 11.6 Å². The van der Waals surface area contributed by atoms with Crippen molar-refractivity contribution in [1.29, 1.82) is 0 Å². The molecule has 0 unspecified atom stereocenters. The summed E-state index contributed by atoms with van der Waals surface area (Å²) in [5.41, 5.74) is 1.84. The van der Waals surface area contributed by atoms with Crippen molar-refractivity contribution >= 4 is 27.1 Å². The number of hydrogen-bond donors (Lipinski definition) is 1. The maximum atomic E-state index is 13.8. The van der Waals surface area contributed by atoms with E-state index >= 15 is 0 Å². The number of fused-ring (bicyclic) bond motifs is 1. The van der Waals surface area contributed by atoms with Crippen LogP contribution in [0.4, 0.5) is 14.5 Å². The minimum absolute atomic E-state index is 0.118. The van der Waals surface area contributed by atoms with Crippen molar-refractivity contribution in [3.63, 3.8) is 0 Å². The number of benzene rings is 1. The Hall–Kier alpha value is -3.01. The van der Waals surface area contributed by atoms with Crippen LogP contribution < -0.4 is 9.62 Å². The van der Waals surface area contributed by atoms with Crippen molar-refractivity contribution < 1.29 is 22.0 Å². The van der Waals surface area contributed by atoms with Crippen LogP contribution in [-0.4, -0.2) is 35.2 Å². The van der Waals surface area contributed by atoms with E-state index in [4.69, 9.17) is 0 Å². The van der Waals surface area contributed by atoms with Crippen LogP contribution in [-0.2, 0) is 10.0 Å². The van der Waals surface area contributed by atoms with Gasteiger partial charge in [-0.15, -0.1) is 0 Å². The van der Waals surface area contributed by atoms with Crippen molar-refractivity contribution in [2.45, 2.75) is 44.4 Å². The van der Waals surface area contributed by atoms with Crippen LogP contribution >= 0.6 is 0 Å². The molecule has 3 aromatic rings. The van der Waals surface area contributed by atoms with Crippen molar-refractivity contribution in [3.05, 3.63) is 65.5 Å². The van der Waals surface area contributed by atoms with E-state index in [-0.39, 0.29) is 11.6 Å². The zero-order chi connectivity index (χ0) is 23.3. The molecule has 1 aromatic carbocycles. The summed E-state index contributed by atoms with van der Waals surface area (Å²) in [6.45, 7) is 5.17. The molecule has 0 spiro atoms. The Morgan fingerprint density at radius 1 is 1.16 bits per heavy atom. The molecule has 1 aliphatic heterocycles. The number of nitrogens with zero attached hydrogens (tertiary/aromatic N) is 3. The van der Waals surface area contributed by atoms with Gasteiger partial charge in [0.15, 0.2) is 0 Å². The number of aromatic nitrogens is 2. The quantitative estimate of drug-likeness (QED) is 0.638. The third-order valence-electron chi connectivity index (χ3n) is 5.64. The summed E-state index contributed by atoms with van der Waals surface area (Å²) >= 11 is 0. The maximum absolute atomic E-state index is 13.8. The van der Waals surface area contributed by atoms with E-state index in [1.165, 1.54) is 43.6 Å². The minimum Gasteiger partial charge on any atom is -0.364 e. The topological polar surface area (TPSA) is 83.8 Å². The second-order valence-corrected chi connectivity index (χ2v) is 11.3. The zero-order valence-corrected chi connectivity index (χ0v) is 18.8. The van der Waals surface area contributed by atoms with Gasteiger partial charge >= 0.3 is 0 Å². The molecule has 0 aliphatic carbocycles. The summed E-state index contributed by atoms with van der Waals surface area (Å²) in [5, 5.41) is 4.14. The summed E-state index contributed by atoms with van der Waals surface area (Å²) in [6, 6.07) is 6.84. The molecule has 1 N–H and O–H groups in total. The highest BCUT2D eigenvalue weighted by Crippen LogP contribution is 2.37. The number of halogens is 2. The van der Waals surface area contributed by atoms with Crippen molar-refractivity contribution in [2.24, 2.45) is 0 Å². The number of hydrogen-bond acceptors (Lipinski definition) is 5. The SMILES string of the molecule is CC(C)(C)S(=O)(=O)NC(=O)c1cnn2ccc(N3CCC[C@@H]3c3cc(F)cc(F)c3)cc12. The van der Waals surface area contributed by atoms with Gasteiger partial charge in [-0.25, -0.2) is 26.4 Å². The van der Waals surface area contributed by atoms with E-state index in [0.29, 0.717) is 17.6 Å². The third kappa shape index (κ3) is 4.06. The van der Waals surface area contributed by atoms with Gasteiger partial charge in [-0.05, 0) is 63.4 Å². The molecule has 170 valence electrons. The molecule has 0 saturated carbocycles. The number of sulfonamides is 1. The third-order valence-corrected chi connectivity index (χ3v) is 7.70. The first-order valence-corrected chi connectivity index (χ1v) is 11.7. The summed E-state index contributed by atoms with van der Waals surface area (Å²) in [5.74, 6) is -2.02. The highest BCUT2D eigenvalue weighted by Gasteiger charge is 2.32. The van der Waals surface area contributed by atoms with Crippen LogP contribution in [0.1, 0.15) is 55.6 Å². The molecule has 7 nitrogen and oxygen atoms in total. The fourth-order valence-electron chi connectivity index (χ4n) is 3.84. The van der Waals surface area contributed by atoms with Gasteiger partial charge in [-0.3, -0.25) is 4.79 Å². The predicted molar refractivity (Wildman–Crippen MR) is 117 cm³/mol. The molecule has 1 atom stereocenters. The van der Waals surface area contributed by atoms with Gasteiger partial charge in [-0.2, -0.15) is 5.10 Å².